The number of likely N-dealkylation sites (tertiary alicyclic amines) is 1. The molecule has 1 aliphatic rings. The summed E-state index contributed by atoms with van der Waals surface area (Å²) in [6.07, 6.45) is 1.86. The van der Waals surface area contributed by atoms with E-state index in [0.29, 0.717) is 12.1 Å². The number of hydrogen-bond acceptors (Lipinski definition) is 2. The lowest BCUT2D eigenvalue weighted by atomic mass is 10.1. The molecule has 2 nitrogen and oxygen atoms in total. The molecule has 1 aromatic rings. The molecule has 0 aliphatic carbocycles. The molecule has 6 heteroatoms. The lowest BCUT2D eigenvalue weighted by molar-refractivity contribution is 0.203. The van der Waals surface area contributed by atoms with Gasteiger partial charge in [0.15, 0.2) is 11.6 Å². The third-order valence-electron chi connectivity index (χ3n) is 3.06. The highest BCUT2D eigenvalue weighted by Crippen LogP contribution is 2.16. The molecule has 2 rings (SSSR count). The second kappa shape index (κ2) is 7.89. The molecule has 1 aliphatic heterocycles. The van der Waals surface area contributed by atoms with E-state index in [2.05, 4.69) is 4.90 Å². The largest absolute Gasteiger partial charge is 0.328 e. The zero-order valence-corrected chi connectivity index (χ0v) is 11.6. The Kier molecular flexibility index (Phi) is 7.71. The molecule has 18 heavy (non-hydrogen) atoms. The maximum Gasteiger partial charge on any atom is 0.163 e. The SMILES string of the molecule is Cl.Cl.NC1CCN(Cc2cccc(F)c2F)CC1. The Morgan fingerprint density at radius 3 is 2.39 bits per heavy atom. The minimum atomic E-state index is -0.772. The summed E-state index contributed by atoms with van der Waals surface area (Å²) in [6.45, 7) is 2.19. The van der Waals surface area contributed by atoms with Crippen molar-refractivity contribution >= 4 is 24.8 Å². The summed E-state index contributed by atoms with van der Waals surface area (Å²) in [7, 11) is 0. The van der Waals surface area contributed by atoms with Crippen LogP contribution in [-0.2, 0) is 6.54 Å². The Hall–Kier alpha value is -0.420. The van der Waals surface area contributed by atoms with Gasteiger partial charge in [-0.25, -0.2) is 8.78 Å². The van der Waals surface area contributed by atoms with Crippen molar-refractivity contribution in [3.63, 3.8) is 0 Å². The van der Waals surface area contributed by atoms with Crippen LogP contribution >= 0.6 is 24.8 Å². The van der Waals surface area contributed by atoms with Crippen LogP contribution in [0, 0.1) is 11.6 Å². The number of piperidine rings is 1. The Morgan fingerprint density at radius 2 is 1.78 bits per heavy atom. The predicted octanol–water partition coefficient (Wildman–Crippen LogP) is 2.73. The summed E-state index contributed by atoms with van der Waals surface area (Å²) in [6, 6.07) is 4.58. The molecule has 0 spiro atoms. The lowest BCUT2D eigenvalue weighted by Gasteiger charge is -2.30. The van der Waals surface area contributed by atoms with Gasteiger partial charge < -0.3 is 5.73 Å². The van der Waals surface area contributed by atoms with Gasteiger partial charge in [-0.2, -0.15) is 0 Å². The van der Waals surface area contributed by atoms with Gasteiger partial charge in [0.25, 0.3) is 0 Å². The minimum absolute atomic E-state index is 0. The Bertz CT molecular complexity index is 369. The third kappa shape index (κ3) is 4.35. The molecule has 0 bridgehead atoms. The zero-order chi connectivity index (χ0) is 11.5. The van der Waals surface area contributed by atoms with Gasteiger partial charge in [0, 0.05) is 18.2 Å². The first-order valence-corrected chi connectivity index (χ1v) is 5.57. The summed E-state index contributed by atoms with van der Waals surface area (Å²) >= 11 is 0. The van der Waals surface area contributed by atoms with Crippen molar-refractivity contribution in [2.75, 3.05) is 13.1 Å². The Labute approximate surface area is 118 Å². The summed E-state index contributed by atoms with van der Waals surface area (Å²) in [5, 5.41) is 0. The van der Waals surface area contributed by atoms with E-state index < -0.39 is 11.6 Å². The average molecular weight is 299 g/mol. The Balaban J connectivity index is 0.00000144. The molecule has 104 valence electrons. The molecule has 0 unspecified atom stereocenters. The standard InChI is InChI=1S/C12H16F2N2.2ClH/c13-11-3-1-2-9(12(11)14)8-16-6-4-10(15)5-7-16;;/h1-3,10H,4-8,15H2;2*1H. The van der Waals surface area contributed by atoms with Gasteiger partial charge in [-0.3, -0.25) is 4.90 Å². The smallest absolute Gasteiger partial charge is 0.163 e. The fourth-order valence-electron chi connectivity index (χ4n) is 2.02. The van der Waals surface area contributed by atoms with Gasteiger partial charge in [-0.1, -0.05) is 12.1 Å². The average Bonchev–Trinajstić information content (AvgIpc) is 2.28. The third-order valence-corrected chi connectivity index (χ3v) is 3.06. The van der Waals surface area contributed by atoms with Gasteiger partial charge in [0.1, 0.15) is 0 Å². The van der Waals surface area contributed by atoms with Gasteiger partial charge in [-0.05, 0) is 32.0 Å². The van der Waals surface area contributed by atoms with Crippen molar-refractivity contribution in [1.82, 2.24) is 4.90 Å². The fourth-order valence-corrected chi connectivity index (χ4v) is 2.02. The first-order valence-electron chi connectivity index (χ1n) is 5.57. The van der Waals surface area contributed by atoms with Crippen molar-refractivity contribution in [2.24, 2.45) is 5.73 Å². The molecule has 1 fully saturated rings. The van der Waals surface area contributed by atoms with Gasteiger partial charge in [0.05, 0.1) is 0 Å². The topological polar surface area (TPSA) is 29.3 Å². The van der Waals surface area contributed by atoms with Crippen molar-refractivity contribution < 1.29 is 8.78 Å². The molecule has 1 saturated heterocycles. The van der Waals surface area contributed by atoms with E-state index in [4.69, 9.17) is 5.73 Å². The molecule has 0 amide bonds. The van der Waals surface area contributed by atoms with Crippen LogP contribution in [0.1, 0.15) is 18.4 Å². The molecule has 0 saturated carbocycles. The predicted molar refractivity (Wildman–Crippen MR) is 73.3 cm³/mol. The van der Waals surface area contributed by atoms with E-state index in [9.17, 15) is 8.78 Å². The van der Waals surface area contributed by atoms with Crippen LogP contribution in [0.5, 0.6) is 0 Å². The van der Waals surface area contributed by atoms with Crippen molar-refractivity contribution in [2.45, 2.75) is 25.4 Å². The number of hydrogen-bond donors (Lipinski definition) is 1. The van der Waals surface area contributed by atoms with Crippen molar-refractivity contribution in [3.05, 3.63) is 35.4 Å². The van der Waals surface area contributed by atoms with Crippen LogP contribution in [-0.4, -0.2) is 24.0 Å². The van der Waals surface area contributed by atoms with Crippen LogP contribution in [0.4, 0.5) is 8.78 Å². The highest BCUT2D eigenvalue weighted by Gasteiger charge is 2.17. The maximum absolute atomic E-state index is 13.4. The number of rotatable bonds is 2. The van der Waals surface area contributed by atoms with E-state index >= 15 is 0 Å². The highest BCUT2D eigenvalue weighted by molar-refractivity contribution is 5.85. The first-order chi connectivity index (χ1) is 7.66. The highest BCUT2D eigenvalue weighted by atomic mass is 35.5. The monoisotopic (exact) mass is 298 g/mol. The summed E-state index contributed by atoms with van der Waals surface area (Å²) in [5.74, 6) is -1.50. The second-order valence-corrected chi connectivity index (χ2v) is 4.33. The second-order valence-electron chi connectivity index (χ2n) is 4.33. The first kappa shape index (κ1) is 17.6. The molecular weight excluding hydrogens is 281 g/mol. The van der Waals surface area contributed by atoms with E-state index in [1.165, 1.54) is 0 Å². The van der Waals surface area contributed by atoms with Crippen LogP contribution in [0.3, 0.4) is 0 Å². The number of nitrogens with zero attached hydrogens (tertiary/aromatic N) is 1. The zero-order valence-electron chi connectivity index (χ0n) is 9.94. The summed E-state index contributed by atoms with van der Waals surface area (Å²) in [5.41, 5.74) is 6.21. The molecule has 0 radical (unpaired) electrons. The van der Waals surface area contributed by atoms with Crippen molar-refractivity contribution in [3.8, 4) is 0 Å². The maximum atomic E-state index is 13.4. The summed E-state index contributed by atoms with van der Waals surface area (Å²) in [4.78, 5) is 2.11. The number of halogens is 4. The molecular formula is C12H18Cl2F2N2. The normalized spacial score (nSPS) is 16.8. The quantitative estimate of drug-likeness (QED) is 0.910. The van der Waals surface area contributed by atoms with E-state index in [1.807, 2.05) is 0 Å². The van der Waals surface area contributed by atoms with E-state index in [1.54, 1.807) is 12.1 Å². The van der Waals surface area contributed by atoms with Crippen LogP contribution in [0.2, 0.25) is 0 Å². The summed E-state index contributed by atoms with van der Waals surface area (Å²) < 4.78 is 26.4. The van der Waals surface area contributed by atoms with E-state index in [0.717, 1.165) is 32.0 Å². The van der Waals surface area contributed by atoms with Crippen LogP contribution in [0.25, 0.3) is 0 Å². The minimum Gasteiger partial charge on any atom is -0.328 e. The molecule has 1 heterocycles. The van der Waals surface area contributed by atoms with Crippen LogP contribution < -0.4 is 5.73 Å². The molecule has 0 atom stereocenters. The Morgan fingerprint density at radius 1 is 1.17 bits per heavy atom. The van der Waals surface area contributed by atoms with Gasteiger partial charge in [0.2, 0.25) is 0 Å². The molecule has 0 aromatic heterocycles. The molecule has 2 N–H and O–H groups in total. The van der Waals surface area contributed by atoms with Crippen LogP contribution in [0.15, 0.2) is 18.2 Å². The van der Waals surface area contributed by atoms with Crippen molar-refractivity contribution in [1.29, 1.82) is 0 Å². The van der Waals surface area contributed by atoms with Gasteiger partial charge in [-0.15, -0.1) is 24.8 Å². The molecule has 1 aromatic carbocycles. The number of nitrogens with two attached hydrogens (primary N) is 1. The lowest BCUT2D eigenvalue weighted by Crippen LogP contribution is -2.39. The number of benzene rings is 1. The van der Waals surface area contributed by atoms with Gasteiger partial charge >= 0.3 is 0 Å². The fraction of sp³-hybridized carbons (Fsp3) is 0.500. The van der Waals surface area contributed by atoms with E-state index in [-0.39, 0.29) is 30.9 Å².